The molecule has 9 heavy (non-hydrogen) atoms. The lowest BCUT2D eigenvalue weighted by atomic mass is 10.4. The normalized spacial score (nSPS) is 13.0. The minimum atomic E-state index is -0.479. The van der Waals surface area contributed by atoms with Gasteiger partial charge in [-0.15, -0.1) is 6.42 Å². The predicted octanol–water partition coefficient (Wildman–Crippen LogP) is 1.34. The molecule has 0 saturated heterocycles. The first-order valence-corrected chi connectivity index (χ1v) is 2.43. The fourth-order valence-corrected chi connectivity index (χ4v) is 0.253. The van der Waals surface area contributed by atoms with Crippen LogP contribution < -0.4 is 5.73 Å². The summed E-state index contributed by atoms with van der Waals surface area (Å²) in [5.74, 6) is 1.66. The number of rotatable bonds is 1. The van der Waals surface area contributed by atoms with Crippen LogP contribution in [0.1, 0.15) is 6.92 Å². The van der Waals surface area contributed by atoms with Crippen molar-refractivity contribution in [3.05, 3.63) is 23.7 Å². The standard InChI is InChI=1S/C7H8FN/c1-3-4-5-7(8)6(2)9/h1,4-5H,9H2,2H3/b5-4-,7-6-. The summed E-state index contributed by atoms with van der Waals surface area (Å²) in [5, 5.41) is 0. The highest BCUT2D eigenvalue weighted by atomic mass is 19.1. The summed E-state index contributed by atoms with van der Waals surface area (Å²) >= 11 is 0. The van der Waals surface area contributed by atoms with Gasteiger partial charge in [-0.05, 0) is 19.1 Å². The SMILES string of the molecule is C#C/C=C\C(F)=C(/C)N. The van der Waals surface area contributed by atoms with Crippen LogP contribution in [0.3, 0.4) is 0 Å². The van der Waals surface area contributed by atoms with Crippen LogP contribution in [0, 0.1) is 12.3 Å². The van der Waals surface area contributed by atoms with Crippen molar-refractivity contribution >= 4 is 0 Å². The van der Waals surface area contributed by atoms with E-state index in [0.717, 1.165) is 6.08 Å². The van der Waals surface area contributed by atoms with Crippen LogP contribution in [-0.4, -0.2) is 0 Å². The van der Waals surface area contributed by atoms with Crippen molar-refractivity contribution in [2.75, 3.05) is 0 Å². The van der Waals surface area contributed by atoms with E-state index in [4.69, 9.17) is 12.2 Å². The molecule has 1 nitrogen and oxygen atoms in total. The molecular formula is C7H8FN. The summed E-state index contributed by atoms with van der Waals surface area (Å²) in [6.07, 6.45) is 7.21. The van der Waals surface area contributed by atoms with E-state index in [-0.39, 0.29) is 5.70 Å². The fourth-order valence-electron chi connectivity index (χ4n) is 0.253. The summed E-state index contributed by atoms with van der Waals surface area (Å²) in [7, 11) is 0. The molecule has 0 saturated carbocycles. The average molecular weight is 125 g/mol. The maximum absolute atomic E-state index is 12.3. The molecule has 2 heteroatoms. The van der Waals surface area contributed by atoms with Gasteiger partial charge < -0.3 is 5.73 Å². The third-order valence-electron chi connectivity index (χ3n) is 0.703. The minimum Gasteiger partial charge on any atom is -0.400 e. The summed E-state index contributed by atoms with van der Waals surface area (Å²) in [6, 6.07) is 0. The molecule has 2 N–H and O–H groups in total. The van der Waals surface area contributed by atoms with Crippen molar-refractivity contribution in [1.82, 2.24) is 0 Å². The van der Waals surface area contributed by atoms with Crippen molar-refractivity contribution in [3.63, 3.8) is 0 Å². The molecule has 0 aliphatic rings. The van der Waals surface area contributed by atoms with Crippen molar-refractivity contribution in [2.24, 2.45) is 5.73 Å². The van der Waals surface area contributed by atoms with Gasteiger partial charge in [0.1, 0.15) is 5.83 Å². The van der Waals surface area contributed by atoms with Gasteiger partial charge in [-0.1, -0.05) is 5.92 Å². The third kappa shape index (κ3) is 3.36. The van der Waals surface area contributed by atoms with Gasteiger partial charge in [-0.3, -0.25) is 0 Å². The predicted molar refractivity (Wildman–Crippen MR) is 36.0 cm³/mol. The molecule has 48 valence electrons. The first-order chi connectivity index (χ1) is 4.18. The Morgan fingerprint density at radius 1 is 1.78 bits per heavy atom. The third-order valence-corrected chi connectivity index (χ3v) is 0.703. The number of allylic oxidation sites excluding steroid dienone is 4. The number of nitrogens with two attached hydrogens (primary N) is 1. The Hall–Kier alpha value is -1.23. The molecule has 0 aromatic heterocycles. The molecule has 0 aliphatic carbocycles. The molecule has 0 spiro atoms. The molecule has 0 heterocycles. The van der Waals surface area contributed by atoms with Crippen molar-refractivity contribution in [3.8, 4) is 12.3 Å². The van der Waals surface area contributed by atoms with Gasteiger partial charge in [0.2, 0.25) is 0 Å². The maximum atomic E-state index is 12.3. The molecule has 0 aromatic rings. The highest BCUT2D eigenvalue weighted by Gasteiger charge is 1.87. The average Bonchev–Trinajstić information content (AvgIpc) is 1.82. The number of hydrogen-bond donors (Lipinski definition) is 1. The monoisotopic (exact) mass is 125 g/mol. The van der Waals surface area contributed by atoms with Gasteiger partial charge in [0.25, 0.3) is 0 Å². The molecule has 0 fully saturated rings. The van der Waals surface area contributed by atoms with Gasteiger partial charge in [-0.25, -0.2) is 4.39 Å². The van der Waals surface area contributed by atoms with Gasteiger partial charge in [-0.2, -0.15) is 0 Å². The van der Waals surface area contributed by atoms with Crippen LogP contribution in [0.4, 0.5) is 4.39 Å². The molecule has 0 unspecified atom stereocenters. The maximum Gasteiger partial charge on any atom is 0.142 e. The van der Waals surface area contributed by atoms with E-state index in [1.807, 2.05) is 0 Å². The van der Waals surface area contributed by atoms with Crippen LogP contribution in [-0.2, 0) is 0 Å². The van der Waals surface area contributed by atoms with E-state index in [1.54, 1.807) is 0 Å². The summed E-state index contributed by atoms with van der Waals surface area (Å²) in [5.41, 5.74) is 5.20. The zero-order valence-electron chi connectivity index (χ0n) is 5.19. The lowest BCUT2D eigenvalue weighted by Crippen LogP contribution is -1.91. The first-order valence-electron chi connectivity index (χ1n) is 2.43. The van der Waals surface area contributed by atoms with Crippen molar-refractivity contribution in [2.45, 2.75) is 6.92 Å². The van der Waals surface area contributed by atoms with Gasteiger partial charge in [0.15, 0.2) is 0 Å². The molecule has 0 rings (SSSR count). The van der Waals surface area contributed by atoms with Crippen LogP contribution in [0.15, 0.2) is 23.7 Å². The molecular weight excluding hydrogens is 117 g/mol. The Morgan fingerprint density at radius 2 is 2.33 bits per heavy atom. The smallest absolute Gasteiger partial charge is 0.142 e. The summed E-state index contributed by atoms with van der Waals surface area (Å²) < 4.78 is 12.3. The van der Waals surface area contributed by atoms with E-state index < -0.39 is 5.83 Å². The number of hydrogen-bond acceptors (Lipinski definition) is 1. The molecule has 0 bridgehead atoms. The molecule has 0 amide bonds. The van der Waals surface area contributed by atoms with Gasteiger partial charge in [0.05, 0.1) is 0 Å². The summed E-state index contributed by atoms with van der Waals surface area (Å²) in [6.45, 7) is 1.47. The minimum absolute atomic E-state index is 0.140. The Balaban J connectivity index is 4.11. The molecule has 0 aliphatic heterocycles. The first kappa shape index (κ1) is 7.77. The zero-order valence-corrected chi connectivity index (χ0v) is 5.19. The fraction of sp³-hybridized carbons (Fsp3) is 0.143. The Morgan fingerprint density at radius 3 is 2.67 bits per heavy atom. The quantitative estimate of drug-likeness (QED) is 0.415. The highest BCUT2D eigenvalue weighted by Crippen LogP contribution is 2.00. The second-order valence-corrected chi connectivity index (χ2v) is 1.53. The van der Waals surface area contributed by atoms with E-state index in [9.17, 15) is 4.39 Å². The largest absolute Gasteiger partial charge is 0.400 e. The zero-order chi connectivity index (χ0) is 7.28. The lowest BCUT2D eigenvalue weighted by molar-refractivity contribution is 0.652. The lowest BCUT2D eigenvalue weighted by Gasteiger charge is -1.87. The van der Waals surface area contributed by atoms with Crippen LogP contribution >= 0.6 is 0 Å². The van der Waals surface area contributed by atoms with E-state index in [1.165, 1.54) is 13.0 Å². The molecule has 0 radical (unpaired) electrons. The van der Waals surface area contributed by atoms with E-state index in [0.29, 0.717) is 0 Å². The topological polar surface area (TPSA) is 26.0 Å². The van der Waals surface area contributed by atoms with Gasteiger partial charge in [0, 0.05) is 5.70 Å². The van der Waals surface area contributed by atoms with Crippen molar-refractivity contribution < 1.29 is 4.39 Å². The van der Waals surface area contributed by atoms with E-state index >= 15 is 0 Å². The van der Waals surface area contributed by atoms with Gasteiger partial charge >= 0.3 is 0 Å². The van der Waals surface area contributed by atoms with Crippen LogP contribution in [0.25, 0.3) is 0 Å². The van der Waals surface area contributed by atoms with Crippen LogP contribution in [0.2, 0.25) is 0 Å². The second kappa shape index (κ2) is 3.73. The van der Waals surface area contributed by atoms with Crippen LogP contribution in [0.5, 0.6) is 0 Å². The Kier molecular flexibility index (Phi) is 3.22. The Bertz CT molecular complexity index is 180. The number of halogens is 1. The highest BCUT2D eigenvalue weighted by molar-refractivity contribution is 5.22. The number of terminal acetylenes is 1. The molecule has 0 aromatic carbocycles. The Labute approximate surface area is 54.1 Å². The second-order valence-electron chi connectivity index (χ2n) is 1.53. The van der Waals surface area contributed by atoms with Crippen molar-refractivity contribution in [1.29, 1.82) is 0 Å². The van der Waals surface area contributed by atoms with E-state index in [2.05, 4.69) is 5.92 Å². The molecule has 0 atom stereocenters. The summed E-state index contributed by atoms with van der Waals surface area (Å²) in [4.78, 5) is 0.